The molecule has 2 heterocycles. The summed E-state index contributed by atoms with van der Waals surface area (Å²) in [6.45, 7) is 1.87. The van der Waals surface area contributed by atoms with E-state index in [4.69, 9.17) is 0 Å². The van der Waals surface area contributed by atoms with Crippen LogP contribution in [0.3, 0.4) is 0 Å². The summed E-state index contributed by atoms with van der Waals surface area (Å²) in [4.78, 5) is 14.2. The van der Waals surface area contributed by atoms with Crippen LogP contribution in [0.25, 0.3) is 0 Å². The van der Waals surface area contributed by atoms with Crippen LogP contribution in [0.4, 0.5) is 0 Å². The minimum absolute atomic E-state index is 0. The Hall–Kier alpha value is 0.0700. The highest BCUT2D eigenvalue weighted by molar-refractivity contribution is 7.99. The largest absolute Gasteiger partial charge is 0.341 e. The minimum Gasteiger partial charge on any atom is -0.341 e. The molecule has 2 aliphatic heterocycles. The van der Waals surface area contributed by atoms with Crippen molar-refractivity contribution in [2.24, 2.45) is 5.92 Å². The fraction of sp³-hybridized carbons (Fsp3) is 0.909. The third kappa shape index (κ3) is 3.28. The maximum atomic E-state index is 12.2. The van der Waals surface area contributed by atoms with Gasteiger partial charge in [0.05, 0.1) is 0 Å². The van der Waals surface area contributed by atoms with Crippen LogP contribution in [0, 0.1) is 5.92 Å². The molecule has 1 N–H and O–H groups in total. The number of nitrogens with zero attached hydrogens (tertiary/aromatic N) is 1. The van der Waals surface area contributed by atoms with Crippen molar-refractivity contribution in [3.05, 3.63) is 0 Å². The van der Waals surface area contributed by atoms with Crippen molar-refractivity contribution in [1.82, 2.24) is 10.2 Å². The first-order chi connectivity index (χ1) is 7.31. The average molecular weight is 265 g/mol. The number of carbonyl (C=O) groups excluding carboxylic acids is 1. The van der Waals surface area contributed by atoms with Gasteiger partial charge >= 0.3 is 0 Å². The molecule has 0 aliphatic carbocycles. The normalized spacial score (nSPS) is 26.6. The Morgan fingerprint density at radius 2 is 2.00 bits per heavy atom. The molecule has 3 nitrogen and oxygen atoms in total. The molecule has 2 aliphatic rings. The molecule has 0 aromatic carbocycles. The van der Waals surface area contributed by atoms with Gasteiger partial charge in [0.15, 0.2) is 0 Å². The molecule has 0 aromatic heterocycles. The third-order valence-corrected chi connectivity index (χ3v) is 4.53. The van der Waals surface area contributed by atoms with Crippen LogP contribution in [0.2, 0.25) is 0 Å². The lowest BCUT2D eigenvalue weighted by Crippen LogP contribution is -2.38. The number of likely N-dealkylation sites (tertiary alicyclic amines) is 1. The number of hydrogen-bond donors (Lipinski definition) is 1. The van der Waals surface area contributed by atoms with Gasteiger partial charge in [0.25, 0.3) is 0 Å². The summed E-state index contributed by atoms with van der Waals surface area (Å²) in [5.74, 6) is 3.06. The molecule has 0 aromatic rings. The van der Waals surface area contributed by atoms with Crippen molar-refractivity contribution < 1.29 is 4.79 Å². The molecule has 1 atom stereocenters. The SMILES string of the molecule is CNC1CCN(C(=O)C2CCSCC2)C1.Cl. The van der Waals surface area contributed by atoms with E-state index in [9.17, 15) is 4.79 Å². The van der Waals surface area contributed by atoms with Gasteiger partial charge in [0.1, 0.15) is 0 Å². The second-order valence-corrected chi connectivity index (χ2v) is 5.67. The lowest BCUT2D eigenvalue weighted by molar-refractivity contribution is -0.134. The second-order valence-electron chi connectivity index (χ2n) is 4.45. The zero-order valence-electron chi connectivity index (χ0n) is 9.78. The number of rotatable bonds is 2. The summed E-state index contributed by atoms with van der Waals surface area (Å²) in [6, 6.07) is 0.520. The summed E-state index contributed by atoms with van der Waals surface area (Å²) >= 11 is 1.98. The quantitative estimate of drug-likeness (QED) is 0.818. The average Bonchev–Trinajstić information content (AvgIpc) is 2.78. The number of nitrogens with one attached hydrogen (secondary N) is 1. The van der Waals surface area contributed by atoms with Crippen molar-refractivity contribution in [3.63, 3.8) is 0 Å². The van der Waals surface area contributed by atoms with Gasteiger partial charge < -0.3 is 10.2 Å². The monoisotopic (exact) mass is 264 g/mol. The molecule has 16 heavy (non-hydrogen) atoms. The number of hydrogen-bond acceptors (Lipinski definition) is 3. The van der Waals surface area contributed by atoms with Gasteiger partial charge in [-0.25, -0.2) is 0 Å². The standard InChI is InChI=1S/C11H20N2OS.ClH/c1-12-10-2-5-13(8-10)11(14)9-3-6-15-7-4-9;/h9-10,12H,2-8H2,1H3;1H. The number of carbonyl (C=O) groups is 1. The topological polar surface area (TPSA) is 32.3 Å². The van der Waals surface area contributed by atoms with Crippen molar-refractivity contribution in [2.45, 2.75) is 25.3 Å². The van der Waals surface area contributed by atoms with Crippen molar-refractivity contribution in [1.29, 1.82) is 0 Å². The van der Waals surface area contributed by atoms with Gasteiger partial charge in [0, 0.05) is 25.0 Å². The molecule has 0 bridgehead atoms. The molecule has 5 heteroatoms. The fourth-order valence-electron chi connectivity index (χ4n) is 2.40. The van der Waals surface area contributed by atoms with Crippen LogP contribution < -0.4 is 5.32 Å². The molecule has 0 saturated carbocycles. The summed E-state index contributed by atoms with van der Waals surface area (Å²) in [5.41, 5.74) is 0. The number of amides is 1. The van der Waals surface area contributed by atoms with Crippen LogP contribution in [0.5, 0.6) is 0 Å². The number of halogens is 1. The Morgan fingerprint density at radius 3 is 2.56 bits per heavy atom. The number of thioether (sulfide) groups is 1. The van der Waals surface area contributed by atoms with Crippen LogP contribution in [-0.4, -0.2) is 48.5 Å². The highest BCUT2D eigenvalue weighted by atomic mass is 35.5. The zero-order valence-corrected chi connectivity index (χ0v) is 11.4. The first-order valence-electron chi connectivity index (χ1n) is 5.85. The molecular formula is C11H21ClN2OS. The van der Waals surface area contributed by atoms with E-state index in [-0.39, 0.29) is 12.4 Å². The van der Waals surface area contributed by atoms with E-state index in [1.54, 1.807) is 0 Å². The van der Waals surface area contributed by atoms with Gasteiger partial charge in [-0.15, -0.1) is 12.4 Å². The Balaban J connectivity index is 0.00000128. The number of likely N-dealkylation sites (N-methyl/N-ethyl adjacent to an activating group) is 1. The lowest BCUT2D eigenvalue weighted by atomic mass is 10.0. The summed E-state index contributed by atoms with van der Waals surface area (Å²) in [5, 5.41) is 3.25. The van der Waals surface area contributed by atoms with E-state index < -0.39 is 0 Å². The predicted molar refractivity (Wildman–Crippen MR) is 71.3 cm³/mol. The van der Waals surface area contributed by atoms with E-state index in [2.05, 4.69) is 10.2 Å². The van der Waals surface area contributed by atoms with Gasteiger partial charge in [0.2, 0.25) is 5.91 Å². The minimum atomic E-state index is 0. The van der Waals surface area contributed by atoms with Crippen LogP contribution >= 0.6 is 24.2 Å². The maximum absolute atomic E-state index is 12.2. The maximum Gasteiger partial charge on any atom is 0.225 e. The Morgan fingerprint density at radius 1 is 1.31 bits per heavy atom. The Kier molecular flexibility index (Phi) is 5.94. The van der Waals surface area contributed by atoms with E-state index >= 15 is 0 Å². The summed E-state index contributed by atoms with van der Waals surface area (Å²) in [6.07, 6.45) is 3.29. The lowest BCUT2D eigenvalue weighted by Gasteiger charge is -2.26. The molecule has 2 saturated heterocycles. The van der Waals surface area contributed by atoms with E-state index in [0.29, 0.717) is 17.9 Å². The molecule has 94 valence electrons. The highest BCUT2D eigenvalue weighted by Crippen LogP contribution is 2.25. The Labute approximate surface area is 108 Å². The van der Waals surface area contributed by atoms with E-state index in [0.717, 1.165) is 32.4 Å². The molecule has 1 amide bonds. The zero-order chi connectivity index (χ0) is 10.7. The van der Waals surface area contributed by atoms with Crippen LogP contribution in [0.15, 0.2) is 0 Å². The van der Waals surface area contributed by atoms with Crippen molar-refractivity contribution in [3.8, 4) is 0 Å². The molecule has 0 spiro atoms. The predicted octanol–water partition coefficient (Wildman–Crippen LogP) is 1.37. The van der Waals surface area contributed by atoms with Crippen LogP contribution in [-0.2, 0) is 4.79 Å². The highest BCUT2D eigenvalue weighted by Gasteiger charge is 2.30. The van der Waals surface area contributed by atoms with Gasteiger partial charge in [-0.05, 0) is 37.8 Å². The van der Waals surface area contributed by atoms with Gasteiger partial charge in [-0.2, -0.15) is 11.8 Å². The first-order valence-corrected chi connectivity index (χ1v) is 7.00. The van der Waals surface area contributed by atoms with Crippen LogP contribution in [0.1, 0.15) is 19.3 Å². The first kappa shape index (κ1) is 14.1. The molecule has 2 rings (SSSR count). The van der Waals surface area contributed by atoms with Gasteiger partial charge in [-0.1, -0.05) is 0 Å². The molecule has 0 radical (unpaired) electrons. The van der Waals surface area contributed by atoms with Crippen molar-refractivity contribution in [2.75, 3.05) is 31.6 Å². The van der Waals surface area contributed by atoms with Crippen molar-refractivity contribution >= 4 is 30.1 Å². The second kappa shape index (κ2) is 6.72. The molecule has 1 unspecified atom stereocenters. The summed E-state index contributed by atoms with van der Waals surface area (Å²) in [7, 11) is 1.98. The summed E-state index contributed by atoms with van der Waals surface area (Å²) < 4.78 is 0. The Bertz CT molecular complexity index is 234. The van der Waals surface area contributed by atoms with E-state index in [1.807, 2.05) is 18.8 Å². The smallest absolute Gasteiger partial charge is 0.225 e. The molecular weight excluding hydrogens is 244 g/mol. The fourth-order valence-corrected chi connectivity index (χ4v) is 3.51. The third-order valence-electron chi connectivity index (χ3n) is 3.48. The van der Waals surface area contributed by atoms with Gasteiger partial charge in [-0.3, -0.25) is 4.79 Å². The molecule has 2 fully saturated rings. The van der Waals surface area contributed by atoms with E-state index in [1.165, 1.54) is 11.5 Å².